The second-order valence-corrected chi connectivity index (χ2v) is 7.50. The molecule has 0 bridgehead atoms. The molecule has 0 fully saturated rings. The van der Waals surface area contributed by atoms with Gasteiger partial charge in [-0.05, 0) is 77.3 Å². The Balaban J connectivity index is 1.53. The molecule has 0 aliphatic carbocycles. The number of aryl methyl sites for hydroxylation is 1. The third kappa shape index (κ3) is 6.19. The minimum Gasteiger partial charge on any atom is -0.493 e. The number of halogens is 1. The maximum Gasteiger partial charge on any atom is 0.255 e. The van der Waals surface area contributed by atoms with Gasteiger partial charge in [0.1, 0.15) is 5.75 Å². The Bertz CT molecular complexity index is 1000. The molecule has 0 saturated carbocycles. The summed E-state index contributed by atoms with van der Waals surface area (Å²) < 4.78 is 6.19. The lowest BCUT2D eigenvalue weighted by atomic mass is 10.1. The van der Waals surface area contributed by atoms with Gasteiger partial charge in [0.25, 0.3) is 5.91 Å². The van der Waals surface area contributed by atoms with Crippen molar-refractivity contribution in [1.29, 1.82) is 0 Å². The Morgan fingerprint density at radius 2 is 1.57 bits per heavy atom. The molecule has 30 heavy (non-hydrogen) atoms. The quantitative estimate of drug-likeness (QED) is 0.449. The fourth-order valence-corrected chi connectivity index (χ4v) is 3.37. The summed E-state index contributed by atoms with van der Waals surface area (Å²) in [5.74, 6) is 0.426. The van der Waals surface area contributed by atoms with Crippen LogP contribution in [-0.2, 0) is 11.2 Å². The summed E-state index contributed by atoms with van der Waals surface area (Å²) in [6.07, 6.45) is 1.10. The summed E-state index contributed by atoms with van der Waals surface area (Å²) in [5, 5.41) is 5.73. The van der Waals surface area contributed by atoms with Gasteiger partial charge in [0.15, 0.2) is 0 Å². The highest BCUT2D eigenvalue weighted by molar-refractivity contribution is 9.10. The molecule has 3 aromatic rings. The summed E-state index contributed by atoms with van der Waals surface area (Å²) in [6.45, 7) is 2.46. The van der Waals surface area contributed by atoms with Crippen LogP contribution >= 0.6 is 15.9 Å². The number of ether oxygens (including phenoxy) is 1. The Morgan fingerprint density at radius 3 is 2.20 bits per heavy atom. The van der Waals surface area contributed by atoms with Crippen LogP contribution in [0, 0.1) is 0 Å². The van der Waals surface area contributed by atoms with Crippen LogP contribution in [0.5, 0.6) is 5.75 Å². The number of anilines is 2. The van der Waals surface area contributed by atoms with Gasteiger partial charge in [-0.3, -0.25) is 9.59 Å². The van der Waals surface area contributed by atoms with Crippen LogP contribution in [0.1, 0.15) is 29.3 Å². The van der Waals surface area contributed by atoms with Gasteiger partial charge < -0.3 is 15.4 Å². The molecule has 0 heterocycles. The molecule has 3 rings (SSSR count). The molecule has 3 aromatic carbocycles. The van der Waals surface area contributed by atoms with Crippen LogP contribution in [0.15, 0.2) is 77.3 Å². The molecule has 0 atom stereocenters. The molecule has 154 valence electrons. The molecule has 0 aliphatic rings. The molecule has 0 radical (unpaired) electrons. The molecule has 6 heteroatoms. The summed E-state index contributed by atoms with van der Waals surface area (Å²) >= 11 is 3.42. The van der Waals surface area contributed by atoms with Crippen molar-refractivity contribution in [1.82, 2.24) is 0 Å². The molecule has 0 aliphatic heterocycles. The lowest BCUT2D eigenvalue weighted by Crippen LogP contribution is -2.13. The predicted molar refractivity (Wildman–Crippen MR) is 123 cm³/mol. The normalized spacial score (nSPS) is 10.3. The second-order valence-electron chi connectivity index (χ2n) is 6.64. The Labute approximate surface area is 184 Å². The Morgan fingerprint density at radius 1 is 0.900 bits per heavy atom. The largest absolute Gasteiger partial charge is 0.493 e. The van der Waals surface area contributed by atoms with Gasteiger partial charge in [-0.15, -0.1) is 0 Å². The van der Waals surface area contributed by atoms with Crippen LogP contribution in [0.4, 0.5) is 11.4 Å². The SMILES string of the molecule is CCOc1ccc(C(=O)Nc2ccc(NC(=O)CCc3ccccc3)cc2)cc1Br. The van der Waals surface area contributed by atoms with Gasteiger partial charge >= 0.3 is 0 Å². The third-order valence-electron chi connectivity index (χ3n) is 4.40. The summed E-state index contributed by atoms with van der Waals surface area (Å²) in [6, 6.07) is 22.2. The van der Waals surface area contributed by atoms with Gasteiger partial charge in [-0.2, -0.15) is 0 Å². The predicted octanol–water partition coefficient (Wildman–Crippen LogP) is 5.67. The first kappa shape index (κ1) is 21.6. The number of hydrogen-bond acceptors (Lipinski definition) is 3. The monoisotopic (exact) mass is 466 g/mol. The number of amides is 2. The standard InChI is InChI=1S/C24H23BrN2O3/c1-2-30-22-14-9-18(16-21(22)25)24(29)27-20-12-10-19(11-13-20)26-23(28)15-8-17-6-4-3-5-7-17/h3-7,9-14,16H,2,8,15H2,1H3,(H,26,28)(H,27,29). The molecule has 0 saturated heterocycles. The summed E-state index contributed by atoms with van der Waals surface area (Å²) in [5.41, 5.74) is 2.98. The summed E-state index contributed by atoms with van der Waals surface area (Å²) in [7, 11) is 0. The lowest BCUT2D eigenvalue weighted by molar-refractivity contribution is -0.116. The fraction of sp³-hybridized carbons (Fsp3) is 0.167. The minimum atomic E-state index is -0.224. The van der Waals surface area contributed by atoms with Crippen LogP contribution in [-0.4, -0.2) is 18.4 Å². The van der Waals surface area contributed by atoms with Crippen LogP contribution in [0.3, 0.4) is 0 Å². The number of hydrogen-bond donors (Lipinski definition) is 2. The maximum absolute atomic E-state index is 12.5. The number of carbonyl (C=O) groups excluding carboxylic acids is 2. The third-order valence-corrected chi connectivity index (χ3v) is 5.02. The Hall–Kier alpha value is -3.12. The average Bonchev–Trinajstić information content (AvgIpc) is 2.76. The van der Waals surface area contributed by atoms with Crippen LogP contribution in [0.25, 0.3) is 0 Å². The zero-order chi connectivity index (χ0) is 21.3. The molecule has 0 unspecified atom stereocenters. The first-order valence-corrected chi connectivity index (χ1v) is 10.5. The highest BCUT2D eigenvalue weighted by atomic mass is 79.9. The molecule has 2 N–H and O–H groups in total. The zero-order valence-electron chi connectivity index (χ0n) is 16.7. The van der Waals surface area contributed by atoms with E-state index in [0.717, 1.165) is 10.0 Å². The van der Waals surface area contributed by atoms with Crippen LogP contribution in [0.2, 0.25) is 0 Å². The van der Waals surface area contributed by atoms with Crippen molar-refractivity contribution >= 4 is 39.1 Å². The number of nitrogens with one attached hydrogen (secondary N) is 2. The first-order valence-electron chi connectivity index (χ1n) is 9.72. The summed E-state index contributed by atoms with van der Waals surface area (Å²) in [4.78, 5) is 24.6. The molecular formula is C24H23BrN2O3. The van der Waals surface area contributed by atoms with Gasteiger partial charge in [0.2, 0.25) is 5.91 Å². The van der Waals surface area contributed by atoms with E-state index in [4.69, 9.17) is 4.74 Å². The van der Waals surface area contributed by atoms with Crippen molar-refractivity contribution in [3.05, 3.63) is 88.4 Å². The topological polar surface area (TPSA) is 67.4 Å². The van der Waals surface area contributed by atoms with Crippen molar-refractivity contribution in [3.8, 4) is 5.75 Å². The molecule has 0 spiro atoms. The average molecular weight is 467 g/mol. The van der Waals surface area contributed by atoms with Crippen molar-refractivity contribution in [3.63, 3.8) is 0 Å². The Kier molecular flexibility index (Phi) is 7.63. The molecule has 0 aromatic heterocycles. The van der Waals surface area contributed by atoms with Crippen molar-refractivity contribution < 1.29 is 14.3 Å². The van der Waals surface area contributed by atoms with Crippen molar-refractivity contribution in [2.45, 2.75) is 19.8 Å². The van der Waals surface area contributed by atoms with Gasteiger partial charge in [-0.25, -0.2) is 0 Å². The van der Waals surface area contributed by atoms with E-state index in [0.29, 0.717) is 42.1 Å². The van der Waals surface area contributed by atoms with Gasteiger partial charge in [0.05, 0.1) is 11.1 Å². The van der Waals surface area contributed by atoms with E-state index in [2.05, 4.69) is 26.6 Å². The first-order chi connectivity index (χ1) is 14.5. The van der Waals surface area contributed by atoms with E-state index >= 15 is 0 Å². The molecular weight excluding hydrogens is 444 g/mol. The van der Waals surface area contributed by atoms with Crippen LogP contribution < -0.4 is 15.4 Å². The van der Waals surface area contributed by atoms with E-state index < -0.39 is 0 Å². The van der Waals surface area contributed by atoms with Gasteiger partial charge in [-0.1, -0.05) is 30.3 Å². The molecule has 2 amide bonds. The van der Waals surface area contributed by atoms with Gasteiger partial charge in [0, 0.05) is 23.4 Å². The molecule has 5 nitrogen and oxygen atoms in total. The lowest BCUT2D eigenvalue weighted by Gasteiger charge is -2.10. The van der Waals surface area contributed by atoms with E-state index in [1.54, 1.807) is 42.5 Å². The van der Waals surface area contributed by atoms with E-state index in [9.17, 15) is 9.59 Å². The fourth-order valence-electron chi connectivity index (χ4n) is 2.88. The number of rotatable bonds is 8. The van der Waals surface area contributed by atoms with E-state index in [-0.39, 0.29) is 11.8 Å². The number of carbonyl (C=O) groups is 2. The second kappa shape index (κ2) is 10.6. The van der Waals surface area contributed by atoms with E-state index in [1.165, 1.54) is 0 Å². The number of benzene rings is 3. The highest BCUT2D eigenvalue weighted by Crippen LogP contribution is 2.26. The maximum atomic E-state index is 12.5. The highest BCUT2D eigenvalue weighted by Gasteiger charge is 2.10. The zero-order valence-corrected chi connectivity index (χ0v) is 18.2. The minimum absolute atomic E-state index is 0.0464. The van der Waals surface area contributed by atoms with Crippen molar-refractivity contribution in [2.24, 2.45) is 0 Å². The van der Waals surface area contributed by atoms with Crippen molar-refractivity contribution in [2.75, 3.05) is 17.2 Å². The smallest absolute Gasteiger partial charge is 0.255 e. The van der Waals surface area contributed by atoms with E-state index in [1.807, 2.05) is 37.3 Å².